The fraction of sp³-hybridized carbons (Fsp3) is 0.0769. The molecule has 3 nitrogen and oxygen atoms in total. The molecule has 0 radical (unpaired) electrons. The molecule has 1 heterocycles. The standard InChI is InChI=1S/C13H9NO2S/c1-8(13(15)16)4-9-2-3-12-10(5-9)6-11(7-14)17-12/h2-6H,1H3,(H,15,16)/p-1/b8-4+. The molecule has 0 unspecified atom stereocenters. The molecule has 84 valence electrons. The third-order valence-electron chi connectivity index (χ3n) is 2.36. The first-order valence-electron chi connectivity index (χ1n) is 4.93. The molecule has 1 aromatic carbocycles. The van der Waals surface area contributed by atoms with E-state index in [2.05, 4.69) is 6.07 Å². The van der Waals surface area contributed by atoms with Gasteiger partial charge in [0.25, 0.3) is 0 Å². The van der Waals surface area contributed by atoms with Gasteiger partial charge in [-0.05, 0) is 41.6 Å². The minimum absolute atomic E-state index is 0.181. The summed E-state index contributed by atoms with van der Waals surface area (Å²) in [4.78, 5) is 11.2. The Balaban J connectivity index is 2.48. The number of hydrogen-bond donors (Lipinski definition) is 0. The van der Waals surface area contributed by atoms with Crippen LogP contribution in [0.5, 0.6) is 0 Å². The van der Waals surface area contributed by atoms with Crippen LogP contribution in [-0.2, 0) is 4.79 Å². The predicted octanol–water partition coefficient (Wildman–Crippen LogP) is 1.93. The van der Waals surface area contributed by atoms with E-state index in [0.29, 0.717) is 4.88 Å². The minimum atomic E-state index is -1.17. The van der Waals surface area contributed by atoms with Gasteiger partial charge < -0.3 is 9.90 Å². The number of aliphatic carboxylic acids is 1. The van der Waals surface area contributed by atoms with Gasteiger partial charge in [-0.25, -0.2) is 0 Å². The number of fused-ring (bicyclic) bond motifs is 1. The van der Waals surface area contributed by atoms with Gasteiger partial charge in [0.05, 0.1) is 5.97 Å². The first kappa shape index (κ1) is 11.4. The van der Waals surface area contributed by atoms with Gasteiger partial charge in [-0.2, -0.15) is 5.26 Å². The van der Waals surface area contributed by atoms with Crippen LogP contribution in [0, 0.1) is 11.3 Å². The van der Waals surface area contributed by atoms with Gasteiger partial charge in [-0.15, -0.1) is 11.3 Å². The van der Waals surface area contributed by atoms with Crippen LogP contribution < -0.4 is 5.11 Å². The molecule has 0 spiro atoms. The van der Waals surface area contributed by atoms with Gasteiger partial charge in [0.2, 0.25) is 0 Å². The molecule has 0 aliphatic rings. The highest BCUT2D eigenvalue weighted by Crippen LogP contribution is 2.26. The number of carbonyl (C=O) groups is 1. The molecule has 0 fully saturated rings. The smallest absolute Gasteiger partial charge is 0.110 e. The van der Waals surface area contributed by atoms with E-state index >= 15 is 0 Å². The number of nitriles is 1. The van der Waals surface area contributed by atoms with E-state index in [1.54, 1.807) is 12.1 Å². The molecule has 0 saturated carbocycles. The summed E-state index contributed by atoms with van der Waals surface area (Å²) in [6.07, 6.45) is 1.55. The Labute approximate surface area is 102 Å². The third-order valence-corrected chi connectivity index (χ3v) is 3.38. The summed E-state index contributed by atoms with van der Waals surface area (Å²) >= 11 is 1.42. The summed E-state index contributed by atoms with van der Waals surface area (Å²) in [7, 11) is 0. The zero-order valence-corrected chi connectivity index (χ0v) is 9.88. The minimum Gasteiger partial charge on any atom is -0.545 e. The topological polar surface area (TPSA) is 63.9 Å². The molecule has 0 bridgehead atoms. The van der Waals surface area contributed by atoms with Crippen molar-refractivity contribution in [2.45, 2.75) is 6.92 Å². The maximum Gasteiger partial charge on any atom is 0.110 e. The molecule has 1 aromatic heterocycles. The molecular weight excluding hydrogens is 234 g/mol. The SMILES string of the molecule is C/C(=C\c1ccc2sc(C#N)cc2c1)C(=O)[O-]. The van der Waals surface area contributed by atoms with Crippen molar-refractivity contribution in [1.29, 1.82) is 5.26 Å². The summed E-state index contributed by atoms with van der Waals surface area (Å²) in [6.45, 7) is 1.49. The van der Waals surface area contributed by atoms with E-state index in [0.717, 1.165) is 15.6 Å². The van der Waals surface area contributed by atoms with Crippen LogP contribution in [-0.4, -0.2) is 5.97 Å². The number of rotatable bonds is 2. The summed E-state index contributed by atoms with van der Waals surface area (Å²) < 4.78 is 1.02. The largest absolute Gasteiger partial charge is 0.545 e. The average Bonchev–Trinajstić information content (AvgIpc) is 2.70. The summed E-state index contributed by atoms with van der Waals surface area (Å²) in [5.41, 5.74) is 0.974. The molecule has 0 saturated heterocycles. The van der Waals surface area contributed by atoms with Crippen LogP contribution in [0.4, 0.5) is 0 Å². The maximum atomic E-state index is 10.6. The van der Waals surface area contributed by atoms with Crippen LogP contribution in [0.25, 0.3) is 16.2 Å². The van der Waals surface area contributed by atoms with E-state index < -0.39 is 5.97 Å². The molecule has 0 aliphatic heterocycles. The van der Waals surface area contributed by atoms with Gasteiger partial charge >= 0.3 is 0 Å². The Kier molecular flexibility index (Phi) is 2.94. The molecule has 17 heavy (non-hydrogen) atoms. The lowest BCUT2D eigenvalue weighted by Gasteiger charge is -2.01. The lowest BCUT2D eigenvalue weighted by molar-refractivity contribution is -0.299. The molecule has 2 aromatic rings. The number of thiophene rings is 1. The first-order chi connectivity index (χ1) is 8.10. The molecule has 4 heteroatoms. The van der Waals surface area contributed by atoms with E-state index in [1.165, 1.54) is 18.3 Å². The van der Waals surface area contributed by atoms with Gasteiger partial charge in [-0.1, -0.05) is 12.1 Å². The van der Waals surface area contributed by atoms with Crippen LogP contribution in [0.15, 0.2) is 29.8 Å². The number of benzene rings is 1. The molecule has 0 aliphatic carbocycles. The second kappa shape index (κ2) is 4.40. The quantitative estimate of drug-likeness (QED) is 0.756. The highest BCUT2D eigenvalue weighted by atomic mass is 32.1. The third kappa shape index (κ3) is 2.35. The zero-order valence-electron chi connectivity index (χ0n) is 9.06. The van der Waals surface area contributed by atoms with Crippen LogP contribution in [0.1, 0.15) is 17.4 Å². The molecule has 2 rings (SSSR count). The van der Waals surface area contributed by atoms with Gasteiger partial charge in [0.15, 0.2) is 0 Å². The van der Waals surface area contributed by atoms with Crippen molar-refractivity contribution in [2.24, 2.45) is 0 Å². The van der Waals surface area contributed by atoms with Crippen molar-refractivity contribution in [2.75, 3.05) is 0 Å². The van der Waals surface area contributed by atoms with Crippen molar-refractivity contribution >= 4 is 33.5 Å². The molecule has 0 atom stereocenters. The molecule has 0 amide bonds. The van der Waals surface area contributed by atoms with Gasteiger partial charge in [0, 0.05) is 4.70 Å². The second-order valence-corrected chi connectivity index (χ2v) is 4.72. The Morgan fingerprint density at radius 2 is 2.24 bits per heavy atom. The van der Waals surface area contributed by atoms with E-state index in [-0.39, 0.29) is 5.57 Å². The van der Waals surface area contributed by atoms with E-state index in [9.17, 15) is 9.90 Å². The normalized spacial score (nSPS) is 11.4. The number of nitrogens with zero attached hydrogens (tertiary/aromatic N) is 1. The average molecular weight is 242 g/mol. The van der Waals surface area contributed by atoms with Crippen molar-refractivity contribution in [3.8, 4) is 6.07 Å². The Hall–Kier alpha value is -2.12. The number of carboxylic acid groups (broad SMARTS) is 1. The lowest BCUT2D eigenvalue weighted by Crippen LogP contribution is -2.22. The van der Waals surface area contributed by atoms with Gasteiger partial charge in [-0.3, -0.25) is 0 Å². The zero-order chi connectivity index (χ0) is 12.4. The maximum absolute atomic E-state index is 10.6. The number of carbonyl (C=O) groups excluding carboxylic acids is 1. The van der Waals surface area contributed by atoms with Crippen molar-refractivity contribution < 1.29 is 9.90 Å². The molecule has 0 N–H and O–H groups in total. The van der Waals surface area contributed by atoms with Crippen molar-refractivity contribution in [1.82, 2.24) is 0 Å². The van der Waals surface area contributed by atoms with E-state index in [1.807, 2.05) is 18.2 Å². The highest BCUT2D eigenvalue weighted by Gasteiger charge is 2.01. The fourth-order valence-electron chi connectivity index (χ4n) is 1.52. The van der Waals surface area contributed by atoms with Crippen LogP contribution in [0.2, 0.25) is 0 Å². The monoisotopic (exact) mass is 242 g/mol. The Morgan fingerprint density at radius 3 is 2.88 bits per heavy atom. The predicted molar refractivity (Wildman–Crippen MR) is 65.2 cm³/mol. The summed E-state index contributed by atoms with van der Waals surface area (Å²) in [5, 5.41) is 20.3. The van der Waals surface area contributed by atoms with Crippen molar-refractivity contribution in [3.05, 3.63) is 40.3 Å². The number of carboxylic acids is 1. The highest BCUT2D eigenvalue weighted by molar-refractivity contribution is 7.19. The Morgan fingerprint density at radius 1 is 1.47 bits per heavy atom. The molecular formula is C13H8NO2S-. The van der Waals surface area contributed by atoms with Gasteiger partial charge in [0.1, 0.15) is 10.9 Å². The van der Waals surface area contributed by atoms with Crippen LogP contribution >= 0.6 is 11.3 Å². The number of hydrogen-bond acceptors (Lipinski definition) is 4. The van der Waals surface area contributed by atoms with E-state index in [4.69, 9.17) is 5.26 Å². The first-order valence-corrected chi connectivity index (χ1v) is 5.75. The fourth-order valence-corrected chi connectivity index (χ4v) is 2.36. The Bertz CT molecular complexity index is 662. The van der Waals surface area contributed by atoms with Crippen molar-refractivity contribution in [3.63, 3.8) is 0 Å². The summed E-state index contributed by atoms with van der Waals surface area (Å²) in [6, 6.07) is 9.46. The lowest BCUT2D eigenvalue weighted by atomic mass is 10.1. The second-order valence-electron chi connectivity index (χ2n) is 3.63. The summed E-state index contributed by atoms with van der Waals surface area (Å²) in [5.74, 6) is -1.17. The van der Waals surface area contributed by atoms with Crippen LogP contribution in [0.3, 0.4) is 0 Å².